The van der Waals surface area contributed by atoms with Crippen LogP contribution in [-0.2, 0) is 0 Å². The molecule has 11 aromatic rings. The van der Waals surface area contributed by atoms with Gasteiger partial charge in [-0.15, -0.1) is 0 Å². The smallest absolute Gasteiger partial charge is 0.284 e. The monoisotopic (exact) mass is 848 g/mol. The van der Waals surface area contributed by atoms with E-state index in [2.05, 4.69) is 149 Å². The lowest BCUT2D eigenvalue weighted by atomic mass is 9.34. The number of hydrogen-bond acceptors (Lipinski definition) is 6. The highest BCUT2D eigenvalue weighted by atomic mass is 16.6. The van der Waals surface area contributed by atoms with Gasteiger partial charge in [0, 0.05) is 68.9 Å². The minimum Gasteiger partial charge on any atom is -0.493 e. The van der Waals surface area contributed by atoms with E-state index in [1.54, 1.807) is 12.5 Å². The Labute approximate surface area is 374 Å². The Kier molecular flexibility index (Phi) is 8.86. The average Bonchev–Trinajstić information content (AvgIpc) is 4.19. The molecule has 65 heavy (non-hydrogen) atoms. The first-order valence-corrected chi connectivity index (χ1v) is 22.3. The number of hydrogen-bond donors (Lipinski definition) is 0. The highest BCUT2D eigenvalue weighted by Gasteiger charge is 2.41. The summed E-state index contributed by atoms with van der Waals surface area (Å²) in [5, 5.41) is 5.03. The van der Waals surface area contributed by atoms with Crippen molar-refractivity contribution in [3.8, 4) is 57.0 Å². The average molecular weight is 849 g/mol. The van der Waals surface area contributed by atoms with Crippen LogP contribution in [0.1, 0.15) is 12.8 Å². The number of furan rings is 2. The quantitative estimate of drug-likeness (QED) is 0.0802. The van der Waals surface area contributed by atoms with E-state index in [9.17, 15) is 0 Å². The van der Waals surface area contributed by atoms with Gasteiger partial charge in [-0.1, -0.05) is 91.0 Å². The van der Waals surface area contributed by atoms with Crippen LogP contribution in [0, 0.1) is 0 Å². The maximum Gasteiger partial charge on any atom is 0.284 e. The predicted octanol–water partition coefficient (Wildman–Crippen LogP) is 11.2. The van der Waals surface area contributed by atoms with Crippen molar-refractivity contribution < 1.29 is 27.8 Å². The van der Waals surface area contributed by atoms with Crippen LogP contribution in [0.5, 0.6) is 23.4 Å². The lowest BCUT2D eigenvalue weighted by Gasteiger charge is -2.34. The second kappa shape index (κ2) is 15.3. The number of fused-ring (bicyclic) bond motifs is 10. The molecule has 0 atom stereocenters. The van der Waals surface area contributed by atoms with E-state index in [0.717, 1.165) is 41.0 Å². The van der Waals surface area contributed by atoms with Crippen molar-refractivity contribution in [2.75, 3.05) is 26.4 Å². The Morgan fingerprint density at radius 2 is 0.985 bits per heavy atom. The molecule has 0 saturated carbocycles. The highest BCUT2D eigenvalue weighted by Crippen LogP contribution is 2.43. The van der Waals surface area contributed by atoms with Crippen LogP contribution in [0.3, 0.4) is 0 Å². The van der Waals surface area contributed by atoms with E-state index in [4.69, 9.17) is 27.8 Å². The van der Waals surface area contributed by atoms with Crippen molar-refractivity contribution in [2.45, 2.75) is 12.8 Å². The van der Waals surface area contributed by atoms with Gasteiger partial charge in [-0.2, -0.15) is 0 Å². The summed E-state index contributed by atoms with van der Waals surface area (Å²) in [5.74, 6) is 2.71. The van der Waals surface area contributed by atoms with E-state index in [1.165, 1.54) is 76.9 Å². The molecule has 2 aliphatic rings. The molecule has 4 aromatic heterocycles. The van der Waals surface area contributed by atoms with Gasteiger partial charge in [0.15, 0.2) is 0 Å². The van der Waals surface area contributed by atoms with Gasteiger partial charge in [0.2, 0.25) is 0 Å². The molecule has 0 fully saturated rings. The third-order valence-electron chi connectivity index (χ3n) is 13.0. The third-order valence-corrected chi connectivity index (χ3v) is 13.0. The summed E-state index contributed by atoms with van der Waals surface area (Å²) in [6, 6.07) is 58.5. The van der Waals surface area contributed by atoms with Gasteiger partial charge < -0.3 is 36.9 Å². The zero-order valence-corrected chi connectivity index (χ0v) is 35.4. The Hall–Kier alpha value is -8.04. The SMILES string of the molecule is c1coc(OCCCOc2ccc(-c3cc4c5c(c3)-n3c6ccccc6c6c(-c7ccc(OCCCOc8ccco8)cc7)ccc(c63)B5c3cccc5c6ccccc6n-4c35)cc2)c1. The van der Waals surface area contributed by atoms with Crippen LogP contribution >= 0.6 is 0 Å². The predicted molar refractivity (Wildman–Crippen MR) is 259 cm³/mol. The van der Waals surface area contributed by atoms with E-state index >= 15 is 0 Å². The van der Waals surface area contributed by atoms with Crippen LogP contribution < -0.4 is 35.3 Å². The summed E-state index contributed by atoms with van der Waals surface area (Å²) >= 11 is 0. The summed E-state index contributed by atoms with van der Waals surface area (Å²) in [4.78, 5) is 0. The van der Waals surface area contributed by atoms with E-state index in [-0.39, 0.29) is 6.71 Å². The Bertz CT molecular complexity index is 3550. The molecule has 6 heterocycles. The Morgan fingerprint density at radius 1 is 0.431 bits per heavy atom. The van der Waals surface area contributed by atoms with Crippen molar-refractivity contribution in [3.63, 3.8) is 0 Å². The van der Waals surface area contributed by atoms with E-state index in [0.29, 0.717) is 38.3 Å². The third kappa shape index (κ3) is 6.14. The first kappa shape index (κ1) is 37.5. The highest BCUT2D eigenvalue weighted by molar-refractivity contribution is 7.00. The first-order chi connectivity index (χ1) is 32.3. The number of nitrogens with zero attached hydrogens (tertiary/aromatic N) is 2. The summed E-state index contributed by atoms with van der Waals surface area (Å²) in [6.45, 7) is 2.16. The van der Waals surface area contributed by atoms with Crippen molar-refractivity contribution in [1.29, 1.82) is 0 Å². The molecule has 0 aliphatic carbocycles. The van der Waals surface area contributed by atoms with Crippen LogP contribution in [0.25, 0.3) is 77.2 Å². The largest absolute Gasteiger partial charge is 0.493 e. The van der Waals surface area contributed by atoms with Crippen molar-refractivity contribution >= 4 is 66.7 Å². The molecule has 314 valence electrons. The summed E-state index contributed by atoms with van der Waals surface area (Å²) < 4.78 is 39.3. The van der Waals surface area contributed by atoms with Crippen LogP contribution in [0.4, 0.5) is 0 Å². The summed E-state index contributed by atoms with van der Waals surface area (Å²) in [6.07, 6.45) is 4.71. The first-order valence-electron chi connectivity index (χ1n) is 22.3. The van der Waals surface area contributed by atoms with Gasteiger partial charge in [0.05, 0.1) is 50.0 Å². The molecule has 13 rings (SSSR count). The molecule has 2 aliphatic heterocycles. The fourth-order valence-corrected chi connectivity index (χ4v) is 10.3. The second-order valence-corrected chi connectivity index (χ2v) is 16.7. The molecule has 0 amide bonds. The van der Waals surface area contributed by atoms with Crippen molar-refractivity contribution in [2.24, 2.45) is 0 Å². The Balaban J connectivity index is 0.923. The zero-order valence-electron chi connectivity index (χ0n) is 35.4. The zero-order chi connectivity index (χ0) is 42.8. The lowest BCUT2D eigenvalue weighted by molar-refractivity contribution is 0.210. The minimum atomic E-state index is 0.0306. The van der Waals surface area contributed by atoms with Gasteiger partial charge in [0.25, 0.3) is 18.6 Å². The van der Waals surface area contributed by atoms with E-state index < -0.39 is 0 Å². The fraction of sp³-hybridized carbons (Fsp3) is 0.107. The van der Waals surface area contributed by atoms with Gasteiger partial charge in [0.1, 0.15) is 11.5 Å². The normalized spacial score (nSPS) is 12.3. The number of para-hydroxylation sites is 3. The van der Waals surface area contributed by atoms with Crippen LogP contribution in [-0.4, -0.2) is 42.3 Å². The molecule has 7 aromatic carbocycles. The fourth-order valence-electron chi connectivity index (χ4n) is 10.3. The van der Waals surface area contributed by atoms with Crippen molar-refractivity contribution in [3.05, 3.63) is 176 Å². The van der Waals surface area contributed by atoms with Crippen molar-refractivity contribution in [1.82, 2.24) is 9.13 Å². The van der Waals surface area contributed by atoms with E-state index in [1.807, 2.05) is 24.3 Å². The number of rotatable bonds is 14. The van der Waals surface area contributed by atoms with Gasteiger partial charge in [-0.25, -0.2) is 0 Å². The summed E-state index contributed by atoms with van der Waals surface area (Å²) in [7, 11) is 0. The Morgan fingerprint density at radius 3 is 1.63 bits per heavy atom. The molecule has 0 unspecified atom stereocenters. The number of ether oxygens (including phenoxy) is 4. The molecular formula is C56H41BN2O6. The minimum absolute atomic E-state index is 0.0306. The molecule has 8 nitrogen and oxygen atoms in total. The number of benzene rings is 7. The van der Waals surface area contributed by atoms with Crippen LogP contribution in [0.15, 0.2) is 185 Å². The maximum absolute atomic E-state index is 6.16. The molecule has 9 heteroatoms. The second-order valence-electron chi connectivity index (χ2n) is 16.7. The standard InChI is InChI=1S/C56H41BN2O6/c1-3-14-47-42(10-1)43-12-5-13-45-55(43)58(47)49-34-38(36-18-22-39(23-19-36)60-30-8-32-64-51-16-6-28-62-51)35-50-54(49)57(45)46-27-26-41(53-44-11-2-4-15-48(44)59(50)56(46)53)37-20-24-40(25-21-37)61-31-9-33-65-52-17-7-29-63-52/h1-7,10-29,34-35H,8-9,30-33H2. The maximum atomic E-state index is 6.16. The molecular weight excluding hydrogens is 807 g/mol. The van der Waals surface area contributed by atoms with Gasteiger partial charge in [-0.05, 0) is 99.3 Å². The summed E-state index contributed by atoms with van der Waals surface area (Å²) in [5.41, 5.74) is 15.9. The van der Waals surface area contributed by atoms with Gasteiger partial charge in [-0.3, -0.25) is 0 Å². The lowest BCUT2D eigenvalue weighted by Crippen LogP contribution is -2.59. The number of aromatic nitrogens is 2. The topological polar surface area (TPSA) is 73.1 Å². The molecule has 0 saturated heterocycles. The molecule has 0 radical (unpaired) electrons. The molecule has 0 bridgehead atoms. The van der Waals surface area contributed by atoms with Gasteiger partial charge >= 0.3 is 0 Å². The molecule has 0 spiro atoms. The van der Waals surface area contributed by atoms with Crippen LogP contribution in [0.2, 0.25) is 0 Å². The molecule has 0 N–H and O–H groups in total.